The first-order chi connectivity index (χ1) is 8.87. The van der Waals surface area contributed by atoms with Gasteiger partial charge in [-0.15, -0.1) is 0 Å². The zero-order valence-electron chi connectivity index (χ0n) is 12.0. The summed E-state index contributed by atoms with van der Waals surface area (Å²) in [4.78, 5) is 13.7. The number of nitrogens with zero attached hydrogens (tertiary/aromatic N) is 1. The van der Waals surface area contributed by atoms with Gasteiger partial charge in [0.15, 0.2) is 0 Å². The van der Waals surface area contributed by atoms with Gasteiger partial charge in [-0.05, 0) is 33.3 Å². The number of hydrogen-bond donors (Lipinski definition) is 1. The van der Waals surface area contributed by atoms with Crippen LogP contribution in [0.2, 0.25) is 0 Å². The number of hydrogen-bond acceptors (Lipinski definition) is 4. The third-order valence-electron chi connectivity index (χ3n) is 3.44. The van der Waals surface area contributed by atoms with E-state index in [-0.39, 0.29) is 18.1 Å². The van der Waals surface area contributed by atoms with E-state index in [9.17, 15) is 4.79 Å². The topological polar surface area (TPSA) is 64.8 Å². The first kappa shape index (κ1) is 14.2. The molecule has 5 heteroatoms. The molecule has 1 fully saturated rings. The first-order valence-electron chi connectivity index (χ1n) is 6.93. The highest BCUT2D eigenvalue weighted by Crippen LogP contribution is 2.26. The van der Waals surface area contributed by atoms with Gasteiger partial charge in [-0.3, -0.25) is 0 Å². The maximum Gasteiger partial charge on any atom is 0.410 e. The summed E-state index contributed by atoms with van der Waals surface area (Å²) < 4.78 is 10.9. The predicted octanol–water partition coefficient (Wildman–Crippen LogP) is 1.87. The Labute approximate surface area is 114 Å². The van der Waals surface area contributed by atoms with Gasteiger partial charge >= 0.3 is 6.09 Å². The monoisotopic (exact) mass is 268 g/mol. The van der Waals surface area contributed by atoms with Crippen LogP contribution in [0.3, 0.4) is 0 Å². The van der Waals surface area contributed by atoms with Gasteiger partial charge in [0.1, 0.15) is 11.4 Å². The normalized spacial score (nSPS) is 24.9. The SMILES string of the molecule is CC(C)(C)OC(=O)N1CCC(C(N)C2=CCCO2)C1. The Kier molecular flexibility index (Phi) is 4.04. The van der Waals surface area contributed by atoms with Crippen LogP contribution in [0.5, 0.6) is 0 Å². The van der Waals surface area contributed by atoms with E-state index >= 15 is 0 Å². The lowest BCUT2D eigenvalue weighted by atomic mass is 9.98. The second-order valence-electron chi connectivity index (χ2n) is 6.24. The molecular weight excluding hydrogens is 244 g/mol. The Morgan fingerprint density at radius 3 is 2.89 bits per heavy atom. The van der Waals surface area contributed by atoms with Crippen molar-refractivity contribution in [1.29, 1.82) is 0 Å². The number of likely N-dealkylation sites (tertiary alicyclic amines) is 1. The van der Waals surface area contributed by atoms with Crippen molar-refractivity contribution in [1.82, 2.24) is 4.90 Å². The third kappa shape index (κ3) is 3.62. The van der Waals surface area contributed by atoms with Crippen LogP contribution in [-0.4, -0.2) is 42.3 Å². The van der Waals surface area contributed by atoms with Crippen molar-refractivity contribution in [2.45, 2.75) is 45.3 Å². The molecule has 2 rings (SSSR count). The Hall–Kier alpha value is -1.23. The summed E-state index contributed by atoms with van der Waals surface area (Å²) in [6.45, 7) is 7.72. The third-order valence-corrected chi connectivity index (χ3v) is 3.44. The maximum atomic E-state index is 12.0. The van der Waals surface area contributed by atoms with Gasteiger partial charge in [0.05, 0.1) is 12.6 Å². The van der Waals surface area contributed by atoms with Crippen molar-refractivity contribution in [2.75, 3.05) is 19.7 Å². The highest BCUT2D eigenvalue weighted by atomic mass is 16.6. The van der Waals surface area contributed by atoms with E-state index in [1.807, 2.05) is 20.8 Å². The van der Waals surface area contributed by atoms with E-state index < -0.39 is 5.60 Å². The minimum atomic E-state index is -0.450. The van der Waals surface area contributed by atoms with Gasteiger partial charge < -0.3 is 20.1 Å². The molecule has 0 aromatic rings. The van der Waals surface area contributed by atoms with E-state index in [0.29, 0.717) is 13.1 Å². The standard InChI is InChI=1S/C14H24N2O3/c1-14(2,3)19-13(17)16-7-6-10(9-16)12(15)11-5-4-8-18-11/h5,10,12H,4,6-9,15H2,1-3H3. The van der Waals surface area contributed by atoms with Crippen LogP contribution in [0.1, 0.15) is 33.6 Å². The van der Waals surface area contributed by atoms with Crippen molar-refractivity contribution < 1.29 is 14.3 Å². The molecule has 0 spiro atoms. The molecule has 0 radical (unpaired) electrons. The average Bonchev–Trinajstić information content (AvgIpc) is 2.98. The quantitative estimate of drug-likeness (QED) is 0.830. The molecular formula is C14H24N2O3. The van der Waals surface area contributed by atoms with Crippen LogP contribution < -0.4 is 5.73 Å². The van der Waals surface area contributed by atoms with Gasteiger partial charge in [0.25, 0.3) is 0 Å². The number of nitrogens with two attached hydrogens (primary N) is 1. The molecule has 0 saturated carbocycles. The summed E-state index contributed by atoms with van der Waals surface area (Å²) in [6, 6.07) is -0.102. The molecule has 0 aromatic carbocycles. The van der Waals surface area contributed by atoms with E-state index in [1.54, 1.807) is 4.90 Å². The molecule has 2 N–H and O–H groups in total. The lowest BCUT2D eigenvalue weighted by Gasteiger charge is -2.25. The summed E-state index contributed by atoms with van der Waals surface area (Å²) in [5.41, 5.74) is 5.75. The zero-order chi connectivity index (χ0) is 14.0. The molecule has 108 valence electrons. The molecule has 2 heterocycles. The zero-order valence-corrected chi connectivity index (χ0v) is 12.0. The van der Waals surface area contributed by atoms with Gasteiger partial charge in [0, 0.05) is 25.4 Å². The van der Waals surface area contributed by atoms with Gasteiger partial charge in [-0.2, -0.15) is 0 Å². The molecule has 0 aliphatic carbocycles. The molecule has 2 aliphatic rings. The summed E-state index contributed by atoms with van der Waals surface area (Å²) in [5, 5.41) is 0. The van der Waals surface area contributed by atoms with Crippen molar-refractivity contribution in [3.8, 4) is 0 Å². The number of carbonyl (C=O) groups excluding carboxylic acids is 1. The van der Waals surface area contributed by atoms with Crippen LogP contribution in [0, 0.1) is 5.92 Å². The van der Waals surface area contributed by atoms with Crippen LogP contribution >= 0.6 is 0 Å². The van der Waals surface area contributed by atoms with E-state index in [4.69, 9.17) is 15.2 Å². The van der Waals surface area contributed by atoms with Gasteiger partial charge in [0.2, 0.25) is 0 Å². The number of ether oxygens (including phenoxy) is 2. The Morgan fingerprint density at radius 1 is 1.58 bits per heavy atom. The van der Waals surface area contributed by atoms with E-state index in [0.717, 1.165) is 25.2 Å². The highest BCUT2D eigenvalue weighted by Gasteiger charge is 2.34. The van der Waals surface area contributed by atoms with Crippen LogP contribution in [0.4, 0.5) is 4.79 Å². The fourth-order valence-electron chi connectivity index (χ4n) is 2.47. The number of amides is 1. The van der Waals surface area contributed by atoms with Gasteiger partial charge in [-0.25, -0.2) is 4.79 Å². The molecule has 1 amide bonds. The molecule has 0 aromatic heterocycles. The molecule has 0 bridgehead atoms. The summed E-state index contributed by atoms with van der Waals surface area (Å²) in [6.07, 6.45) is 3.65. The van der Waals surface area contributed by atoms with Crippen molar-refractivity contribution >= 4 is 6.09 Å². The molecule has 2 aliphatic heterocycles. The fourth-order valence-corrected chi connectivity index (χ4v) is 2.47. The predicted molar refractivity (Wildman–Crippen MR) is 72.5 cm³/mol. The molecule has 19 heavy (non-hydrogen) atoms. The molecule has 5 nitrogen and oxygen atoms in total. The fraction of sp³-hybridized carbons (Fsp3) is 0.786. The second-order valence-corrected chi connectivity index (χ2v) is 6.24. The van der Waals surface area contributed by atoms with Crippen molar-refractivity contribution in [3.63, 3.8) is 0 Å². The first-order valence-corrected chi connectivity index (χ1v) is 6.93. The average molecular weight is 268 g/mol. The Morgan fingerprint density at radius 2 is 2.32 bits per heavy atom. The van der Waals surface area contributed by atoms with Crippen LogP contribution in [-0.2, 0) is 9.47 Å². The van der Waals surface area contributed by atoms with E-state index in [2.05, 4.69) is 6.08 Å². The maximum absolute atomic E-state index is 12.0. The summed E-state index contributed by atoms with van der Waals surface area (Å²) in [5.74, 6) is 1.15. The summed E-state index contributed by atoms with van der Waals surface area (Å²) >= 11 is 0. The van der Waals surface area contributed by atoms with E-state index in [1.165, 1.54) is 0 Å². The van der Waals surface area contributed by atoms with Gasteiger partial charge in [-0.1, -0.05) is 0 Å². The minimum absolute atomic E-state index is 0.102. The summed E-state index contributed by atoms with van der Waals surface area (Å²) in [7, 11) is 0. The highest BCUT2D eigenvalue weighted by molar-refractivity contribution is 5.68. The minimum Gasteiger partial charge on any atom is -0.496 e. The smallest absolute Gasteiger partial charge is 0.410 e. The van der Waals surface area contributed by atoms with Crippen molar-refractivity contribution in [2.24, 2.45) is 11.7 Å². The molecule has 2 unspecified atom stereocenters. The van der Waals surface area contributed by atoms with Crippen LogP contribution in [0.25, 0.3) is 0 Å². The second kappa shape index (κ2) is 5.41. The number of rotatable bonds is 2. The lowest BCUT2D eigenvalue weighted by Crippen LogP contribution is -2.38. The Balaban J connectivity index is 1.87. The lowest BCUT2D eigenvalue weighted by molar-refractivity contribution is 0.0286. The molecule has 1 saturated heterocycles. The van der Waals surface area contributed by atoms with Crippen LogP contribution in [0.15, 0.2) is 11.8 Å². The largest absolute Gasteiger partial charge is 0.496 e. The number of carbonyl (C=O) groups is 1. The van der Waals surface area contributed by atoms with Crippen molar-refractivity contribution in [3.05, 3.63) is 11.8 Å². The Bertz CT molecular complexity index is 373. The molecule has 2 atom stereocenters.